The standard InChI is InChI=1S/C19H22Cl2N2O3S/c1-12-5-6-13(2)16(9-12)14(3)22-19(24)11-23(27(4,25)26)18-10-15(20)7-8-17(18)21/h5-10,14H,11H2,1-4H3,(H,22,24)/t14-/m1/s1. The van der Waals surface area contributed by atoms with Crippen molar-refractivity contribution in [1.82, 2.24) is 5.32 Å². The fraction of sp³-hybridized carbons (Fsp3) is 0.316. The van der Waals surface area contributed by atoms with Gasteiger partial charge in [0.2, 0.25) is 15.9 Å². The first kappa shape index (κ1) is 21.5. The molecule has 2 aromatic carbocycles. The smallest absolute Gasteiger partial charge is 0.241 e. The number of aryl methyl sites for hydroxylation is 2. The average molecular weight is 429 g/mol. The van der Waals surface area contributed by atoms with Crippen molar-refractivity contribution >= 4 is 44.8 Å². The average Bonchev–Trinajstić information content (AvgIpc) is 2.56. The van der Waals surface area contributed by atoms with Crippen LogP contribution in [-0.4, -0.2) is 27.1 Å². The third-order valence-corrected chi connectivity index (χ3v) is 5.82. The Morgan fingerprint density at radius 2 is 1.81 bits per heavy atom. The summed E-state index contributed by atoms with van der Waals surface area (Å²) in [6, 6.07) is 10.2. The fourth-order valence-electron chi connectivity index (χ4n) is 2.78. The molecule has 5 nitrogen and oxygen atoms in total. The third kappa shape index (κ3) is 5.61. The molecule has 0 aliphatic carbocycles. The summed E-state index contributed by atoms with van der Waals surface area (Å²) in [4.78, 5) is 12.6. The molecule has 0 saturated heterocycles. The molecule has 0 unspecified atom stereocenters. The normalized spacial score (nSPS) is 12.5. The highest BCUT2D eigenvalue weighted by atomic mass is 35.5. The minimum Gasteiger partial charge on any atom is -0.348 e. The molecule has 0 bridgehead atoms. The number of rotatable bonds is 6. The van der Waals surface area contributed by atoms with E-state index >= 15 is 0 Å². The fourth-order valence-corrected chi connectivity index (χ4v) is 4.08. The van der Waals surface area contributed by atoms with Gasteiger partial charge < -0.3 is 5.32 Å². The van der Waals surface area contributed by atoms with E-state index in [2.05, 4.69) is 5.32 Å². The van der Waals surface area contributed by atoms with Crippen molar-refractivity contribution in [2.45, 2.75) is 26.8 Å². The molecule has 27 heavy (non-hydrogen) atoms. The number of carbonyl (C=O) groups excluding carboxylic acids is 1. The zero-order valence-corrected chi connectivity index (χ0v) is 17.9. The topological polar surface area (TPSA) is 66.5 Å². The van der Waals surface area contributed by atoms with E-state index < -0.39 is 22.5 Å². The number of nitrogens with zero attached hydrogens (tertiary/aromatic N) is 1. The van der Waals surface area contributed by atoms with Gasteiger partial charge in [0, 0.05) is 5.02 Å². The lowest BCUT2D eigenvalue weighted by Gasteiger charge is -2.24. The lowest BCUT2D eigenvalue weighted by molar-refractivity contribution is -0.120. The number of sulfonamides is 1. The highest BCUT2D eigenvalue weighted by Crippen LogP contribution is 2.30. The van der Waals surface area contributed by atoms with Gasteiger partial charge in [0.1, 0.15) is 6.54 Å². The van der Waals surface area contributed by atoms with E-state index in [0.717, 1.165) is 27.3 Å². The molecule has 0 aliphatic heterocycles. The Hall–Kier alpha value is -1.76. The molecule has 0 saturated carbocycles. The van der Waals surface area contributed by atoms with Crippen LogP contribution >= 0.6 is 23.2 Å². The van der Waals surface area contributed by atoms with Crippen molar-refractivity contribution < 1.29 is 13.2 Å². The van der Waals surface area contributed by atoms with E-state index in [1.54, 1.807) is 6.07 Å². The molecule has 0 aromatic heterocycles. The largest absolute Gasteiger partial charge is 0.348 e. The van der Waals surface area contributed by atoms with Gasteiger partial charge in [-0.05, 0) is 50.1 Å². The van der Waals surface area contributed by atoms with Crippen molar-refractivity contribution in [1.29, 1.82) is 0 Å². The maximum atomic E-state index is 12.6. The van der Waals surface area contributed by atoms with E-state index in [1.165, 1.54) is 12.1 Å². The molecule has 8 heteroatoms. The summed E-state index contributed by atoms with van der Waals surface area (Å²) in [6.45, 7) is 5.40. The summed E-state index contributed by atoms with van der Waals surface area (Å²) < 4.78 is 25.4. The molecular weight excluding hydrogens is 407 g/mol. The number of carbonyl (C=O) groups is 1. The Labute approximate surface area is 170 Å². The number of anilines is 1. The molecular formula is C19H22Cl2N2O3S. The van der Waals surface area contributed by atoms with Gasteiger partial charge in [-0.1, -0.05) is 47.0 Å². The molecule has 2 rings (SSSR count). The van der Waals surface area contributed by atoms with Gasteiger partial charge in [0.05, 0.1) is 23.0 Å². The second-order valence-corrected chi connectivity index (χ2v) is 9.27. The zero-order chi connectivity index (χ0) is 20.4. The van der Waals surface area contributed by atoms with Crippen LogP contribution in [0.25, 0.3) is 0 Å². The van der Waals surface area contributed by atoms with E-state index in [0.29, 0.717) is 5.02 Å². The van der Waals surface area contributed by atoms with Gasteiger partial charge in [-0.2, -0.15) is 0 Å². The number of amides is 1. The van der Waals surface area contributed by atoms with Crippen LogP contribution in [0.1, 0.15) is 29.7 Å². The summed E-state index contributed by atoms with van der Waals surface area (Å²) in [7, 11) is -3.74. The SMILES string of the molecule is Cc1ccc(C)c([C@@H](C)NC(=O)CN(c2cc(Cl)ccc2Cl)S(C)(=O)=O)c1. The first-order valence-corrected chi connectivity index (χ1v) is 10.9. The molecule has 0 fully saturated rings. The molecule has 1 N–H and O–H groups in total. The summed E-state index contributed by atoms with van der Waals surface area (Å²) in [6.07, 6.45) is 1.02. The molecule has 1 amide bonds. The van der Waals surface area contributed by atoms with Gasteiger partial charge in [0.25, 0.3) is 0 Å². The number of hydrogen-bond acceptors (Lipinski definition) is 3. The minimum absolute atomic E-state index is 0.168. The van der Waals surface area contributed by atoms with Crippen molar-refractivity contribution in [3.63, 3.8) is 0 Å². The maximum absolute atomic E-state index is 12.6. The molecule has 146 valence electrons. The van der Waals surface area contributed by atoms with Crippen LogP contribution in [0.2, 0.25) is 10.0 Å². The first-order chi connectivity index (χ1) is 12.5. The van der Waals surface area contributed by atoms with Crippen LogP contribution in [0.4, 0.5) is 5.69 Å². The first-order valence-electron chi connectivity index (χ1n) is 8.28. The summed E-state index contributed by atoms with van der Waals surface area (Å²) in [5.74, 6) is -0.440. The van der Waals surface area contributed by atoms with E-state index in [1.807, 2.05) is 39.0 Å². The van der Waals surface area contributed by atoms with Crippen molar-refractivity contribution in [2.24, 2.45) is 0 Å². The van der Waals surface area contributed by atoms with E-state index in [-0.39, 0.29) is 16.8 Å². The Balaban J connectivity index is 2.24. The summed E-state index contributed by atoms with van der Waals surface area (Å²) in [5, 5.41) is 3.37. The Morgan fingerprint density at radius 3 is 2.44 bits per heavy atom. The lowest BCUT2D eigenvalue weighted by Crippen LogP contribution is -2.41. The Morgan fingerprint density at radius 1 is 1.15 bits per heavy atom. The lowest BCUT2D eigenvalue weighted by atomic mass is 10.00. The van der Waals surface area contributed by atoms with Gasteiger partial charge in [-0.3, -0.25) is 9.10 Å². The van der Waals surface area contributed by atoms with Crippen molar-refractivity contribution in [3.8, 4) is 0 Å². The van der Waals surface area contributed by atoms with E-state index in [4.69, 9.17) is 23.2 Å². The third-order valence-electron chi connectivity index (χ3n) is 4.14. The van der Waals surface area contributed by atoms with Crippen LogP contribution in [-0.2, 0) is 14.8 Å². The zero-order valence-electron chi connectivity index (χ0n) is 15.6. The van der Waals surface area contributed by atoms with E-state index in [9.17, 15) is 13.2 Å². The number of nitrogens with one attached hydrogen (secondary N) is 1. The highest BCUT2D eigenvalue weighted by molar-refractivity contribution is 7.92. The van der Waals surface area contributed by atoms with Crippen LogP contribution < -0.4 is 9.62 Å². The van der Waals surface area contributed by atoms with Crippen molar-refractivity contribution in [3.05, 3.63) is 63.1 Å². The molecule has 1 atom stereocenters. The number of hydrogen-bond donors (Lipinski definition) is 1. The Bertz CT molecular complexity index is 961. The molecule has 0 heterocycles. The second-order valence-electron chi connectivity index (χ2n) is 6.51. The van der Waals surface area contributed by atoms with Gasteiger partial charge >= 0.3 is 0 Å². The predicted octanol–water partition coefficient (Wildman–Crippen LogP) is 4.25. The quantitative estimate of drug-likeness (QED) is 0.747. The molecule has 0 spiro atoms. The van der Waals surface area contributed by atoms with Gasteiger partial charge in [-0.25, -0.2) is 8.42 Å². The molecule has 0 radical (unpaired) electrons. The minimum atomic E-state index is -3.74. The number of halogens is 2. The van der Waals surface area contributed by atoms with Gasteiger partial charge in [0.15, 0.2) is 0 Å². The second kappa shape index (κ2) is 8.50. The maximum Gasteiger partial charge on any atom is 0.241 e. The van der Waals surface area contributed by atoms with Crippen molar-refractivity contribution in [2.75, 3.05) is 17.1 Å². The molecule has 0 aliphatic rings. The summed E-state index contributed by atoms with van der Waals surface area (Å²) in [5.41, 5.74) is 3.28. The summed E-state index contributed by atoms with van der Waals surface area (Å²) >= 11 is 12.1. The van der Waals surface area contributed by atoms with Crippen LogP contribution in [0.3, 0.4) is 0 Å². The van der Waals surface area contributed by atoms with Crippen LogP contribution in [0, 0.1) is 13.8 Å². The Kier molecular flexibility index (Phi) is 6.78. The monoisotopic (exact) mass is 428 g/mol. The van der Waals surface area contributed by atoms with Gasteiger partial charge in [-0.15, -0.1) is 0 Å². The van der Waals surface area contributed by atoms with Crippen LogP contribution in [0.5, 0.6) is 0 Å². The highest BCUT2D eigenvalue weighted by Gasteiger charge is 2.24. The van der Waals surface area contributed by atoms with Crippen LogP contribution in [0.15, 0.2) is 36.4 Å². The number of benzene rings is 2. The predicted molar refractivity (Wildman–Crippen MR) is 111 cm³/mol. The molecule has 2 aromatic rings.